The monoisotopic (exact) mass is 192 g/mol. The first kappa shape index (κ1) is 10.5. The Hall–Kier alpha value is -1.58. The fourth-order valence-corrected chi connectivity index (χ4v) is 1.36. The molecule has 1 heterocycles. The Kier molecular flexibility index (Phi) is 3.45. The van der Waals surface area contributed by atoms with Gasteiger partial charge in [-0.05, 0) is 6.42 Å². The fourth-order valence-electron chi connectivity index (χ4n) is 1.36. The summed E-state index contributed by atoms with van der Waals surface area (Å²) >= 11 is 0. The van der Waals surface area contributed by atoms with Gasteiger partial charge in [0.15, 0.2) is 0 Å². The summed E-state index contributed by atoms with van der Waals surface area (Å²) in [6.45, 7) is 5.81. The average molecular weight is 192 g/mol. The van der Waals surface area contributed by atoms with E-state index in [0.29, 0.717) is 11.8 Å². The van der Waals surface area contributed by atoms with Crippen LogP contribution in [0.3, 0.4) is 0 Å². The van der Waals surface area contributed by atoms with Crippen molar-refractivity contribution in [3.8, 4) is 0 Å². The standard InChI is InChI=1S/C10H16N4/c1-4-5-7(2)8-9(10(11)12-3)14-6-13-8/h4,6-7H,1,5H2,2-3H3,(H2,11,12)(H,13,14). The Balaban J connectivity index is 2.97. The number of nitrogens with one attached hydrogen (secondary N) is 1. The summed E-state index contributed by atoms with van der Waals surface area (Å²) in [6.07, 6.45) is 4.42. The van der Waals surface area contributed by atoms with Crippen molar-refractivity contribution < 1.29 is 0 Å². The summed E-state index contributed by atoms with van der Waals surface area (Å²) in [5, 5.41) is 0. The molecule has 0 aliphatic heterocycles. The van der Waals surface area contributed by atoms with E-state index in [-0.39, 0.29) is 0 Å². The third-order valence-electron chi connectivity index (χ3n) is 2.17. The summed E-state index contributed by atoms with van der Waals surface area (Å²) in [4.78, 5) is 11.2. The zero-order chi connectivity index (χ0) is 10.6. The predicted molar refractivity (Wildman–Crippen MR) is 58.5 cm³/mol. The van der Waals surface area contributed by atoms with Gasteiger partial charge in [-0.25, -0.2) is 4.98 Å². The van der Waals surface area contributed by atoms with E-state index in [1.54, 1.807) is 13.4 Å². The van der Waals surface area contributed by atoms with Crippen LogP contribution in [-0.4, -0.2) is 22.9 Å². The molecule has 0 aromatic carbocycles. The average Bonchev–Trinajstić information content (AvgIpc) is 2.65. The first-order valence-electron chi connectivity index (χ1n) is 4.57. The molecule has 0 bridgehead atoms. The van der Waals surface area contributed by atoms with Gasteiger partial charge in [0.05, 0.1) is 6.33 Å². The van der Waals surface area contributed by atoms with Crippen molar-refractivity contribution in [2.75, 3.05) is 7.05 Å². The maximum atomic E-state index is 5.72. The first-order chi connectivity index (χ1) is 6.70. The molecule has 1 aromatic heterocycles. The number of nitrogens with two attached hydrogens (primary N) is 1. The van der Waals surface area contributed by atoms with Crippen molar-refractivity contribution in [1.29, 1.82) is 0 Å². The fraction of sp³-hybridized carbons (Fsp3) is 0.400. The van der Waals surface area contributed by atoms with E-state index < -0.39 is 0 Å². The van der Waals surface area contributed by atoms with Crippen LogP contribution in [0, 0.1) is 0 Å². The number of H-pyrrole nitrogens is 1. The van der Waals surface area contributed by atoms with Gasteiger partial charge in [0.2, 0.25) is 0 Å². The van der Waals surface area contributed by atoms with Crippen molar-refractivity contribution in [3.05, 3.63) is 30.4 Å². The molecule has 0 saturated heterocycles. The van der Waals surface area contributed by atoms with Gasteiger partial charge in [-0.1, -0.05) is 13.0 Å². The Labute approximate surface area is 84.0 Å². The van der Waals surface area contributed by atoms with Crippen molar-refractivity contribution in [2.24, 2.45) is 10.7 Å². The molecule has 76 valence electrons. The molecular formula is C10H16N4. The van der Waals surface area contributed by atoms with Crippen LogP contribution in [0.25, 0.3) is 0 Å². The lowest BCUT2D eigenvalue weighted by Crippen LogP contribution is -2.16. The molecule has 0 spiro atoms. The van der Waals surface area contributed by atoms with Crippen molar-refractivity contribution in [1.82, 2.24) is 9.97 Å². The SMILES string of the molecule is C=CCC(C)c1[nH]cnc1C(N)=NC. The Morgan fingerprint density at radius 3 is 3.14 bits per heavy atom. The second kappa shape index (κ2) is 4.60. The van der Waals surface area contributed by atoms with Gasteiger partial charge < -0.3 is 10.7 Å². The molecule has 1 atom stereocenters. The summed E-state index contributed by atoms with van der Waals surface area (Å²) in [7, 11) is 1.66. The van der Waals surface area contributed by atoms with Gasteiger partial charge >= 0.3 is 0 Å². The van der Waals surface area contributed by atoms with Gasteiger partial charge in [0.1, 0.15) is 11.5 Å². The minimum absolute atomic E-state index is 0.338. The zero-order valence-electron chi connectivity index (χ0n) is 8.62. The summed E-state index contributed by atoms with van der Waals surface area (Å²) in [6, 6.07) is 0. The number of hydrogen-bond donors (Lipinski definition) is 2. The normalized spacial score (nSPS) is 14.0. The molecule has 1 rings (SSSR count). The highest BCUT2D eigenvalue weighted by atomic mass is 15.0. The minimum Gasteiger partial charge on any atom is -0.382 e. The number of aliphatic imine (C=N–C) groups is 1. The molecule has 0 saturated carbocycles. The van der Waals surface area contributed by atoms with Gasteiger partial charge in [0.25, 0.3) is 0 Å². The van der Waals surface area contributed by atoms with Crippen molar-refractivity contribution in [3.63, 3.8) is 0 Å². The molecule has 4 nitrogen and oxygen atoms in total. The van der Waals surface area contributed by atoms with Crippen LogP contribution in [0.15, 0.2) is 24.0 Å². The van der Waals surface area contributed by atoms with E-state index in [9.17, 15) is 0 Å². The largest absolute Gasteiger partial charge is 0.382 e. The number of allylic oxidation sites excluding steroid dienone is 1. The van der Waals surface area contributed by atoms with Gasteiger partial charge in [-0.2, -0.15) is 0 Å². The Morgan fingerprint density at radius 2 is 2.57 bits per heavy atom. The second-order valence-electron chi connectivity index (χ2n) is 3.20. The summed E-state index contributed by atoms with van der Waals surface area (Å²) in [5.74, 6) is 0.808. The second-order valence-corrected chi connectivity index (χ2v) is 3.20. The van der Waals surface area contributed by atoms with Crippen LogP contribution >= 0.6 is 0 Å². The molecule has 14 heavy (non-hydrogen) atoms. The highest BCUT2D eigenvalue weighted by molar-refractivity contribution is 5.96. The topological polar surface area (TPSA) is 67.1 Å². The van der Waals surface area contributed by atoms with Gasteiger partial charge in [-0.15, -0.1) is 6.58 Å². The van der Waals surface area contributed by atoms with E-state index in [1.165, 1.54) is 0 Å². The first-order valence-corrected chi connectivity index (χ1v) is 4.57. The molecule has 1 unspecified atom stereocenters. The van der Waals surface area contributed by atoms with Crippen molar-refractivity contribution in [2.45, 2.75) is 19.3 Å². The summed E-state index contributed by atoms with van der Waals surface area (Å²) in [5.41, 5.74) is 7.49. The van der Waals surface area contributed by atoms with E-state index in [0.717, 1.165) is 17.8 Å². The third-order valence-corrected chi connectivity index (χ3v) is 2.17. The molecule has 0 aliphatic rings. The maximum Gasteiger partial charge on any atom is 0.146 e. The van der Waals surface area contributed by atoms with Crippen molar-refractivity contribution >= 4 is 5.84 Å². The zero-order valence-corrected chi connectivity index (χ0v) is 8.62. The highest BCUT2D eigenvalue weighted by Crippen LogP contribution is 2.19. The quantitative estimate of drug-likeness (QED) is 0.430. The molecule has 1 aromatic rings. The molecular weight excluding hydrogens is 176 g/mol. The lowest BCUT2D eigenvalue weighted by Gasteiger charge is -2.08. The van der Waals surface area contributed by atoms with Crippen LogP contribution in [0.5, 0.6) is 0 Å². The molecule has 0 aliphatic carbocycles. The minimum atomic E-state index is 0.338. The van der Waals surface area contributed by atoms with E-state index in [4.69, 9.17) is 5.73 Å². The number of aromatic amines is 1. The molecule has 4 heteroatoms. The number of nitrogens with zero attached hydrogens (tertiary/aromatic N) is 2. The van der Waals surface area contributed by atoms with E-state index in [2.05, 4.69) is 28.5 Å². The van der Waals surface area contributed by atoms with E-state index in [1.807, 2.05) is 6.08 Å². The Bertz CT molecular complexity index is 338. The van der Waals surface area contributed by atoms with E-state index >= 15 is 0 Å². The predicted octanol–water partition coefficient (Wildman–Crippen LogP) is 1.42. The van der Waals surface area contributed by atoms with Crippen LogP contribution in [-0.2, 0) is 0 Å². The maximum absolute atomic E-state index is 5.72. The number of rotatable bonds is 4. The lowest BCUT2D eigenvalue weighted by atomic mass is 10.0. The summed E-state index contributed by atoms with van der Waals surface area (Å²) < 4.78 is 0. The smallest absolute Gasteiger partial charge is 0.146 e. The molecule has 3 N–H and O–H groups in total. The Morgan fingerprint density at radius 1 is 1.86 bits per heavy atom. The number of aromatic nitrogens is 2. The van der Waals surface area contributed by atoms with Crippen LogP contribution in [0.2, 0.25) is 0 Å². The molecule has 0 radical (unpaired) electrons. The number of amidine groups is 1. The highest BCUT2D eigenvalue weighted by Gasteiger charge is 2.14. The molecule has 0 amide bonds. The molecule has 0 fully saturated rings. The third kappa shape index (κ3) is 2.02. The number of hydrogen-bond acceptors (Lipinski definition) is 2. The van der Waals surface area contributed by atoms with Gasteiger partial charge in [0, 0.05) is 18.7 Å². The van der Waals surface area contributed by atoms with Crippen LogP contribution < -0.4 is 5.73 Å². The van der Waals surface area contributed by atoms with Crippen LogP contribution in [0.4, 0.5) is 0 Å². The van der Waals surface area contributed by atoms with Crippen LogP contribution in [0.1, 0.15) is 30.7 Å². The lowest BCUT2D eigenvalue weighted by molar-refractivity contribution is 0.754. The van der Waals surface area contributed by atoms with Gasteiger partial charge in [-0.3, -0.25) is 4.99 Å². The number of imidazole rings is 1.